The van der Waals surface area contributed by atoms with Crippen LogP contribution in [0.1, 0.15) is 39.0 Å². The van der Waals surface area contributed by atoms with Crippen LogP contribution < -0.4 is 10.6 Å². The Labute approximate surface area is 199 Å². The Morgan fingerprint density at radius 1 is 1.09 bits per heavy atom. The highest BCUT2D eigenvalue weighted by atomic mass is 35.5. The van der Waals surface area contributed by atoms with Gasteiger partial charge < -0.3 is 20.3 Å². The molecular formula is C24H32ClN7O. The molecule has 0 radical (unpaired) electrons. The van der Waals surface area contributed by atoms with Gasteiger partial charge in [-0.3, -0.25) is 4.57 Å². The van der Waals surface area contributed by atoms with Gasteiger partial charge in [-0.15, -0.1) is 0 Å². The van der Waals surface area contributed by atoms with Crippen LogP contribution in [0.3, 0.4) is 0 Å². The van der Waals surface area contributed by atoms with E-state index in [-0.39, 0.29) is 5.54 Å². The number of anilines is 3. The molecule has 4 heterocycles. The lowest BCUT2D eigenvalue weighted by Gasteiger charge is -2.34. The molecule has 0 unspecified atom stereocenters. The van der Waals surface area contributed by atoms with Crippen LogP contribution in [-0.4, -0.2) is 62.8 Å². The number of fused-ring (bicyclic) bond motifs is 1. The molecule has 2 aromatic heterocycles. The Morgan fingerprint density at radius 3 is 2.70 bits per heavy atom. The minimum absolute atomic E-state index is 0.0630. The number of hydrogen-bond donors (Lipinski definition) is 2. The summed E-state index contributed by atoms with van der Waals surface area (Å²) in [5.74, 6) is 1.40. The van der Waals surface area contributed by atoms with Crippen molar-refractivity contribution in [2.75, 3.05) is 43.5 Å². The molecule has 0 amide bonds. The van der Waals surface area contributed by atoms with Gasteiger partial charge >= 0.3 is 0 Å². The van der Waals surface area contributed by atoms with Crippen molar-refractivity contribution in [3.8, 4) is 0 Å². The number of aromatic nitrogens is 4. The lowest BCUT2D eigenvalue weighted by atomic mass is 9.93. The SMILES string of the molecule is CC1(Nc2ncc3nc(Nc4cccc(Cl)c4)n(CCN4CCCCC4)c3n2)CCOCC1. The van der Waals surface area contributed by atoms with Gasteiger partial charge in [0.25, 0.3) is 0 Å². The van der Waals surface area contributed by atoms with E-state index in [2.05, 4.69) is 32.0 Å². The zero-order valence-corrected chi connectivity index (χ0v) is 19.9. The summed E-state index contributed by atoms with van der Waals surface area (Å²) < 4.78 is 7.70. The standard InChI is InChI=1S/C24H32ClN7O/c1-24(8-14-33-15-9-24)30-22-26-17-20-21(29-22)32(13-12-31-10-3-2-4-11-31)23(28-20)27-19-7-5-6-18(25)16-19/h5-7,16-17H,2-4,8-15H2,1H3,(H,27,28)(H,26,29,30). The normalized spacial score (nSPS) is 19.0. The summed E-state index contributed by atoms with van der Waals surface area (Å²) >= 11 is 6.21. The predicted molar refractivity (Wildman–Crippen MR) is 132 cm³/mol. The highest BCUT2D eigenvalue weighted by molar-refractivity contribution is 6.30. The van der Waals surface area contributed by atoms with Crippen LogP contribution in [0.5, 0.6) is 0 Å². The number of nitrogens with one attached hydrogen (secondary N) is 2. The van der Waals surface area contributed by atoms with Crippen LogP contribution >= 0.6 is 11.6 Å². The third-order valence-electron chi connectivity index (χ3n) is 6.67. The molecule has 33 heavy (non-hydrogen) atoms. The van der Waals surface area contributed by atoms with E-state index in [1.165, 1.54) is 19.3 Å². The van der Waals surface area contributed by atoms with Crippen molar-refractivity contribution in [1.82, 2.24) is 24.4 Å². The molecule has 3 aromatic rings. The summed E-state index contributed by atoms with van der Waals surface area (Å²) in [7, 11) is 0. The highest BCUT2D eigenvalue weighted by Crippen LogP contribution is 2.27. The molecule has 0 saturated carbocycles. The summed E-state index contributed by atoms with van der Waals surface area (Å²) in [6.07, 6.45) is 7.56. The Balaban J connectivity index is 1.44. The van der Waals surface area contributed by atoms with Crippen molar-refractivity contribution in [3.63, 3.8) is 0 Å². The average Bonchev–Trinajstić information content (AvgIpc) is 3.15. The summed E-state index contributed by atoms with van der Waals surface area (Å²) in [4.78, 5) is 16.8. The van der Waals surface area contributed by atoms with Crippen LogP contribution in [0.15, 0.2) is 30.5 Å². The van der Waals surface area contributed by atoms with Gasteiger partial charge in [0.2, 0.25) is 11.9 Å². The quantitative estimate of drug-likeness (QED) is 0.519. The van der Waals surface area contributed by atoms with E-state index in [0.29, 0.717) is 11.0 Å². The van der Waals surface area contributed by atoms with Gasteiger partial charge in [0, 0.05) is 42.6 Å². The van der Waals surface area contributed by atoms with E-state index < -0.39 is 0 Å². The largest absolute Gasteiger partial charge is 0.381 e. The van der Waals surface area contributed by atoms with Crippen molar-refractivity contribution in [1.29, 1.82) is 0 Å². The van der Waals surface area contributed by atoms with Gasteiger partial charge in [0.1, 0.15) is 5.52 Å². The number of hydrogen-bond acceptors (Lipinski definition) is 7. The van der Waals surface area contributed by atoms with Crippen LogP contribution in [0.2, 0.25) is 5.02 Å². The van der Waals surface area contributed by atoms with E-state index in [1.54, 1.807) is 0 Å². The number of likely N-dealkylation sites (tertiary alicyclic amines) is 1. The van der Waals surface area contributed by atoms with Gasteiger partial charge in [0.05, 0.1) is 6.20 Å². The van der Waals surface area contributed by atoms with E-state index in [4.69, 9.17) is 26.3 Å². The van der Waals surface area contributed by atoms with Gasteiger partial charge in [-0.2, -0.15) is 4.98 Å². The lowest BCUT2D eigenvalue weighted by molar-refractivity contribution is 0.0656. The molecule has 9 heteroatoms. The van der Waals surface area contributed by atoms with Gasteiger partial charge in [-0.25, -0.2) is 9.97 Å². The molecular weight excluding hydrogens is 438 g/mol. The Bertz CT molecular complexity index is 1090. The first-order valence-electron chi connectivity index (χ1n) is 11.9. The number of benzene rings is 1. The third-order valence-corrected chi connectivity index (χ3v) is 6.90. The summed E-state index contributed by atoms with van der Waals surface area (Å²) in [6, 6.07) is 7.69. The van der Waals surface area contributed by atoms with Crippen LogP contribution in [-0.2, 0) is 11.3 Å². The highest BCUT2D eigenvalue weighted by Gasteiger charge is 2.28. The monoisotopic (exact) mass is 469 g/mol. The predicted octanol–water partition coefficient (Wildman–Crippen LogP) is 4.69. The van der Waals surface area contributed by atoms with Crippen LogP contribution in [0.25, 0.3) is 11.2 Å². The summed E-state index contributed by atoms with van der Waals surface area (Å²) in [5.41, 5.74) is 2.45. The zero-order chi connectivity index (χ0) is 22.7. The first kappa shape index (κ1) is 22.4. The zero-order valence-electron chi connectivity index (χ0n) is 19.2. The second-order valence-corrected chi connectivity index (χ2v) is 9.76. The number of rotatable bonds is 7. The van der Waals surface area contributed by atoms with E-state index in [0.717, 1.165) is 75.0 Å². The Kier molecular flexibility index (Phi) is 6.66. The van der Waals surface area contributed by atoms with E-state index in [9.17, 15) is 0 Å². The summed E-state index contributed by atoms with van der Waals surface area (Å²) in [6.45, 7) is 7.82. The van der Waals surface area contributed by atoms with Gasteiger partial charge in [0.15, 0.2) is 5.65 Å². The molecule has 0 aliphatic carbocycles. The van der Waals surface area contributed by atoms with Gasteiger partial charge in [-0.05, 0) is 63.9 Å². The smallest absolute Gasteiger partial charge is 0.225 e. The maximum absolute atomic E-state index is 6.21. The van der Waals surface area contributed by atoms with Crippen LogP contribution in [0, 0.1) is 0 Å². The minimum atomic E-state index is -0.0630. The fraction of sp³-hybridized carbons (Fsp3) is 0.542. The van der Waals surface area contributed by atoms with Gasteiger partial charge in [-0.1, -0.05) is 24.1 Å². The fourth-order valence-corrected chi connectivity index (χ4v) is 4.81. The molecule has 1 aromatic carbocycles. The van der Waals surface area contributed by atoms with Crippen molar-refractivity contribution in [2.24, 2.45) is 0 Å². The molecule has 2 N–H and O–H groups in total. The first-order valence-corrected chi connectivity index (χ1v) is 12.3. The Morgan fingerprint density at radius 2 is 1.91 bits per heavy atom. The van der Waals surface area contributed by atoms with E-state index >= 15 is 0 Å². The number of imidazole rings is 1. The molecule has 0 spiro atoms. The summed E-state index contributed by atoms with van der Waals surface area (Å²) in [5, 5.41) is 7.69. The third kappa shape index (κ3) is 5.39. The molecule has 0 bridgehead atoms. The fourth-order valence-electron chi connectivity index (χ4n) is 4.62. The molecule has 8 nitrogen and oxygen atoms in total. The molecule has 2 aliphatic heterocycles. The lowest BCUT2D eigenvalue weighted by Crippen LogP contribution is -2.41. The molecule has 2 fully saturated rings. The molecule has 2 aliphatic rings. The number of halogens is 1. The molecule has 5 rings (SSSR count). The van der Waals surface area contributed by atoms with Crippen molar-refractivity contribution in [2.45, 2.75) is 51.1 Å². The number of ether oxygens (including phenoxy) is 1. The minimum Gasteiger partial charge on any atom is -0.381 e. The molecule has 176 valence electrons. The number of nitrogens with zero attached hydrogens (tertiary/aromatic N) is 5. The topological polar surface area (TPSA) is 80.1 Å². The van der Waals surface area contributed by atoms with Crippen LogP contribution in [0.4, 0.5) is 17.6 Å². The van der Waals surface area contributed by atoms with Crippen molar-refractivity contribution in [3.05, 3.63) is 35.5 Å². The molecule has 0 atom stereocenters. The number of piperidine rings is 1. The van der Waals surface area contributed by atoms with Crippen molar-refractivity contribution >= 4 is 40.3 Å². The maximum Gasteiger partial charge on any atom is 0.225 e. The first-order chi connectivity index (χ1) is 16.1. The van der Waals surface area contributed by atoms with Crippen molar-refractivity contribution < 1.29 is 4.74 Å². The second kappa shape index (κ2) is 9.83. The second-order valence-electron chi connectivity index (χ2n) is 9.33. The van der Waals surface area contributed by atoms with E-state index in [1.807, 2.05) is 30.5 Å². The average molecular weight is 470 g/mol. The maximum atomic E-state index is 6.21. The molecule has 2 saturated heterocycles. The Hall–Kier alpha value is -2.42.